The Bertz CT molecular complexity index is 1260. The van der Waals surface area contributed by atoms with Gasteiger partial charge in [-0.25, -0.2) is 14.6 Å². The number of carbonyl (C=O) groups is 2. The highest BCUT2D eigenvalue weighted by atomic mass is 35.5. The number of aromatic nitrogens is 1. The van der Waals surface area contributed by atoms with Gasteiger partial charge in [0.05, 0.1) is 36.0 Å². The summed E-state index contributed by atoms with van der Waals surface area (Å²) >= 11 is 12.1. The van der Waals surface area contributed by atoms with Crippen LogP contribution in [-0.2, 0) is 9.53 Å². The molecule has 2 aromatic carbocycles. The van der Waals surface area contributed by atoms with Gasteiger partial charge < -0.3 is 29.0 Å². The minimum Gasteiger partial charge on any atom is -0.496 e. The van der Waals surface area contributed by atoms with Gasteiger partial charge in [0.15, 0.2) is 17.7 Å². The van der Waals surface area contributed by atoms with Gasteiger partial charge in [-0.2, -0.15) is 0 Å². The maximum absolute atomic E-state index is 13.0. The molecule has 0 aliphatic carbocycles. The van der Waals surface area contributed by atoms with E-state index in [4.69, 9.17) is 37.1 Å². The number of nitrogens with zero attached hydrogens (tertiary/aromatic N) is 3. The van der Waals surface area contributed by atoms with Crippen molar-refractivity contribution in [3.63, 3.8) is 0 Å². The van der Waals surface area contributed by atoms with Crippen molar-refractivity contribution in [1.29, 1.82) is 0 Å². The van der Waals surface area contributed by atoms with Crippen LogP contribution < -0.4 is 15.0 Å². The van der Waals surface area contributed by atoms with Gasteiger partial charge in [0.25, 0.3) is 0 Å². The zero-order valence-corrected chi connectivity index (χ0v) is 21.6. The van der Waals surface area contributed by atoms with E-state index in [1.54, 1.807) is 43.3 Å². The summed E-state index contributed by atoms with van der Waals surface area (Å²) in [6.45, 7) is 3.93. The van der Waals surface area contributed by atoms with Gasteiger partial charge >= 0.3 is 12.0 Å². The second-order valence-corrected chi connectivity index (χ2v) is 9.00. The number of carbonyl (C=O) groups excluding carboxylic acids is 2. The second kappa shape index (κ2) is 11.1. The summed E-state index contributed by atoms with van der Waals surface area (Å²) in [5, 5.41) is 3.39. The van der Waals surface area contributed by atoms with E-state index < -0.39 is 12.0 Å². The molecule has 1 fully saturated rings. The lowest BCUT2D eigenvalue weighted by atomic mass is 10.1. The van der Waals surface area contributed by atoms with Crippen LogP contribution in [0.15, 0.2) is 47.0 Å². The molecule has 1 aliphatic rings. The lowest BCUT2D eigenvalue weighted by Crippen LogP contribution is -2.53. The van der Waals surface area contributed by atoms with Crippen molar-refractivity contribution in [2.75, 3.05) is 45.3 Å². The SMILES string of the molecule is COC(=O)C(NC(=O)N1CCN(c2ccc(-c3cnc(C)o3)c(OC)c2)CC1)c1ccc(Cl)c(Cl)c1. The highest BCUT2D eigenvalue weighted by molar-refractivity contribution is 6.42. The van der Waals surface area contributed by atoms with E-state index >= 15 is 0 Å². The monoisotopic (exact) mass is 532 g/mol. The molecule has 1 unspecified atom stereocenters. The van der Waals surface area contributed by atoms with Crippen LogP contribution in [-0.4, -0.2) is 62.3 Å². The predicted octanol–water partition coefficient (Wildman–Crippen LogP) is 4.71. The van der Waals surface area contributed by atoms with Gasteiger partial charge in [-0.1, -0.05) is 29.3 Å². The summed E-state index contributed by atoms with van der Waals surface area (Å²) < 4.78 is 16.1. The molecular weight excluding hydrogens is 507 g/mol. The van der Waals surface area contributed by atoms with Crippen LogP contribution in [0.5, 0.6) is 5.75 Å². The zero-order valence-electron chi connectivity index (χ0n) is 20.1. The first-order valence-electron chi connectivity index (χ1n) is 11.2. The number of hydrogen-bond acceptors (Lipinski definition) is 7. The molecule has 1 atom stereocenters. The van der Waals surface area contributed by atoms with Gasteiger partial charge in [0, 0.05) is 44.9 Å². The number of anilines is 1. The molecule has 2 amide bonds. The summed E-state index contributed by atoms with van der Waals surface area (Å²) in [6.07, 6.45) is 1.67. The normalized spacial score (nSPS) is 14.4. The smallest absolute Gasteiger partial charge is 0.333 e. The number of urea groups is 1. The fourth-order valence-electron chi connectivity index (χ4n) is 4.04. The molecule has 0 radical (unpaired) electrons. The Balaban J connectivity index is 1.42. The Morgan fingerprint density at radius 1 is 1.06 bits per heavy atom. The van der Waals surface area contributed by atoms with Crippen LogP contribution in [0.25, 0.3) is 11.3 Å². The Hall–Kier alpha value is -3.43. The third kappa shape index (κ3) is 5.52. The number of rotatable bonds is 6. The molecule has 1 aliphatic heterocycles. The largest absolute Gasteiger partial charge is 0.496 e. The zero-order chi connectivity index (χ0) is 25.8. The van der Waals surface area contributed by atoms with Crippen molar-refractivity contribution in [2.24, 2.45) is 0 Å². The number of amides is 2. The van der Waals surface area contributed by atoms with Crippen molar-refractivity contribution >= 4 is 40.9 Å². The molecule has 1 saturated heterocycles. The molecule has 0 saturated carbocycles. The van der Waals surface area contributed by atoms with E-state index in [2.05, 4.69) is 15.2 Å². The predicted molar refractivity (Wildman–Crippen MR) is 137 cm³/mol. The number of hydrogen-bond donors (Lipinski definition) is 1. The van der Waals surface area contributed by atoms with E-state index in [0.717, 1.165) is 11.3 Å². The average molecular weight is 533 g/mol. The fourth-order valence-corrected chi connectivity index (χ4v) is 4.34. The van der Waals surface area contributed by atoms with Crippen molar-refractivity contribution in [3.05, 3.63) is 64.1 Å². The third-order valence-electron chi connectivity index (χ3n) is 5.99. The van der Waals surface area contributed by atoms with E-state index in [1.807, 2.05) is 18.2 Å². The Morgan fingerprint density at radius 3 is 2.42 bits per heavy atom. The minimum atomic E-state index is -1.01. The number of ether oxygens (including phenoxy) is 2. The number of nitrogens with one attached hydrogen (secondary N) is 1. The second-order valence-electron chi connectivity index (χ2n) is 8.18. The minimum absolute atomic E-state index is 0.283. The molecule has 1 aromatic heterocycles. The average Bonchev–Trinajstić information content (AvgIpc) is 3.34. The number of halogens is 2. The Labute approximate surface area is 218 Å². The highest BCUT2D eigenvalue weighted by Crippen LogP contribution is 2.34. The molecule has 4 rings (SSSR count). The molecule has 36 heavy (non-hydrogen) atoms. The number of methoxy groups -OCH3 is 2. The van der Waals surface area contributed by atoms with Crippen LogP contribution >= 0.6 is 23.2 Å². The molecule has 190 valence electrons. The van der Waals surface area contributed by atoms with Crippen LogP contribution in [0, 0.1) is 6.92 Å². The van der Waals surface area contributed by atoms with E-state index in [9.17, 15) is 9.59 Å². The van der Waals surface area contributed by atoms with E-state index in [1.165, 1.54) is 7.11 Å². The number of aryl methyl sites for hydroxylation is 1. The first-order chi connectivity index (χ1) is 17.3. The van der Waals surface area contributed by atoms with Gasteiger partial charge in [0.1, 0.15) is 5.75 Å². The lowest BCUT2D eigenvalue weighted by molar-refractivity contribution is -0.143. The number of piperazine rings is 1. The maximum Gasteiger partial charge on any atom is 0.333 e. The third-order valence-corrected chi connectivity index (χ3v) is 6.72. The van der Waals surface area contributed by atoms with E-state index in [-0.39, 0.29) is 11.1 Å². The first kappa shape index (κ1) is 25.7. The summed E-state index contributed by atoms with van der Waals surface area (Å²) in [5.74, 6) is 1.29. The fraction of sp³-hybridized carbons (Fsp3) is 0.320. The highest BCUT2D eigenvalue weighted by Gasteiger charge is 2.28. The molecule has 11 heteroatoms. The first-order valence-corrected chi connectivity index (χ1v) is 12.0. The molecule has 1 N–H and O–H groups in total. The maximum atomic E-state index is 13.0. The molecule has 3 aromatic rings. The van der Waals surface area contributed by atoms with Gasteiger partial charge in [-0.15, -0.1) is 0 Å². The summed E-state index contributed by atoms with van der Waals surface area (Å²) in [5.41, 5.74) is 2.27. The summed E-state index contributed by atoms with van der Waals surface area (Å²) in [4.78, 5) is 33.4. The van der Waals surface area contributed by atoms with Crippen LogP contribution in [0.3, 0.4) is 0 Å². The Kier molecular flexibility index (Phi) is 7.91. The van der Waals surface area contributed by atoms with Crippen molar-refractivity contribution in [1.82, 2.24) is 15.2 Å². The standard InChI is InChI=1S/C25H26Cl2N4O5/c1-15-28-14-22(36-15)18-6-5-17(13-21(18)34-2)30-8-10-31(11-9-30)25(33)29-23(24(32)35-3)16-4-7-19(26)20(27)12-16/h4-7,12-14,23H,8-11H2,1-3H3,(H,29,33). The van der Waals surface area contributed by atoms with Crippen molar-refractivity contribution < 1.29 is 23.5 Å². The quantitative estimate of drug-likeness (QED) is 0.459. The summed E-state index contributed by atoms with van der Waals surface area (Å²) in [7, 11) is 2.88. The Morgan fingerprint density at radius 2 is 1.81 bits per heavy atom. The van der Waals surface area contributed by atoms with Crippen LogP contribution in [0.2, 0.25) is 10.0 Å². The van der Waals surface area contributed by atoms with Crippen LogP contribution in [0.1, 0.15) is 17.5 Å². The number of oxazole rings is 1. The number of benzene rings is 2. The number of esters is 1. The van der Waals surface area contributed by atoms with E-state index in [0.29, 0.717) is 54.2 Å². The molecule has 2 heterocycles. The molecule has 0 spiro atoms. The van der Waals surface area contributed by atoms with Gasteiger partial charge in [-0.3, -0.25) is 0 Å². The summed E-state index contributed by atoms with van der Waals surface area (Å²) in [6, 6.07) is 9.24. The topological polar surface area (TPSA) is 97.1 Å². The van der Waals surface area contributed by atoms with Crippen molar-refractivity contribution in [3.8, 4) is 17.1 Å². The van der Waals surface area contributed by atoms with Gasteiger partial charge in [-0.05, 0) is 29.8 Å². The molecule has 9 nitrogen and oxygen atoms in total. The van der Waals surface area contributed by atoms with Crippen molar-refractivity contribution in [2.45, 2.75) is 13.0 Å². The molecule has 0 bridgehead atoms. The van der Waals surface area contributed by atoms with Crippen LogP contribution in [0.4, 0.5) is 10.5 Å². The van der Waals surface area contributed by atoms with Gasteiger partial charge in [0.2, 0.25) is 0 Å². The molecular formula is C25H26Cl2N4O5. The lowest BCUT2D eigenvalue weighted by Gasteiger charge is -2.36.